The van der Waals surface area contributed by atoms with Crippen molar-refractivity contribution in [1.82, 2.24) is 39.0 Å². The van der Waals surface area contributed by atoms with Gasteiger partial charge < -0.3 is 30.3 Å². The van der Waals surface area contributed by atoms with Crippen molar-refractivity contribution in [3.05, 3.63) is 142 Å². The van der Waals surface area contributed by atoms with Crippen LogP contribution in [0, 0.1) is 18.6 Å². The van der Waals surface area contributed by atoms with E-state index in [1.807, 2.05) is 43.3 Å². The van der Waals surface area contributed by atoms with E-state index in [1.165, 1.54) is 23.6 Å². The lowest BCUT2D eigenvalue weighted by Crippen LogP contribution is -2.34. The number of nitrogens with zero attached hydrogens (tertiary/aromatic N) is 8. The highest BCUT2D eigenvalue weighted by Gasteiger charge is 2.33. The number of amides is 2. The molecule has 324 valence electrons. The number of rotatable bonds is 7. The number of aromatic nitrogens is 7. The monoisotopic (exact) mass is 871 g/mol. The lowest BCUT2D eigenvalue weighted by atomic mass is 9.98. The Bertz CT molecular complexity index is 3330. The molecule has 2 amide bonds. The Labute approximate surface area is 369 Å². The molecule has 3 aromatic carbocycles. The number of imidazole rings is 2. The van der Waals surface area contributed by atoms with Crippen LogP contribution in [0.2, 0.25) is 0 Å². The smallest absolute Gasteiger partial charge is 0.279 e. The predicted octanol–water partition coefficient (Wildman–Crippen LogP) is 6.67. The van der Waals surface area contributed by atoms with Crippen LogP contribution in [0.5, 0.6) is 11.5 Å². The van der Waals surface area contributed by atoms with Crippen molar-refractivity contribution in [3.63, 3.8) is 0 Å². The van der Waals surface area contributed by atoms with Crippen molar-refractivity contribution in [2.75, 3.05) is 41.8 Å². The van der Waals surface area contributed by atoms with Crippen molar-refractivity contribution in [1.29, 1.82) is 0 Å². The fraction of sp³-hybridized carbons (Fsp3) is 0.229. The average Bonchev–Trinajstić information content (AvgIpc) is 4.16. The summed E-state index contributed by atoms with van der Waals surface area (Å²) in [6, 6.07) is 16.4. The van der Waals surface area contributed by atoms with E-state index in [0.717, 1.165) is 33.6 Å². The maximum atomic E-state index is 17.6. The number of hydrogen-bond donors (Lipinski definition) is 3. The summed E-state index contributed by atoms with van der Waals surface area (Å²) >= 11 is 0. The first-order valence-corrected chi connectivity index (χ1v) is 21.6. The number of hydrogen-bond acceptors (Lipinski definition) is 11. The minimum Gasteiger partial charge on any atom is -0.493 e. The van der Waals surface area contributed by atoms with E-state index in [9.17, 15) is 4.79 Å². The summed E-state index contributed by atoms with van der Waals surface area (Å²) in [5.74, 6) is 0.0706. The molecule has 65 heavy (non-hydrogen) atoms. The van der Waals surface area contributed by atoms with Crippen LogP contribution in [0.15, 0.2) is 79.6 Å². The van der Waals surface area contributed by atoms with Crippen molar-refractivity contribution in [3.8, 4) is 33.8 Å². The number of anilines is 3. The summed E-state index contributed by atoms with van der Waals surface area (Å²) in [5, 5.41) is 9.57. The summed E-state index contributed by atoms with van der Waals surface area (Å²) < 4.78 is 47.9. The molecule has 4 aliphatic rings. The Morgan fingerprint density at radius 3 is 2.22 bits per heavy atom. The fourth-order valence-corrected chi connectivity index (χ4v) is 9.72. The Hall–Kier alpha value is -7.95. The average molecular weight is 872 g/mol. The number of ether oxygens (including phenoxy) is 2. The molecule has 0 unspecified atom stereocenters. The molecule has 0 aliphatic carbocycles. The highest BCUT2D eigenvalue weighted by molar-refractivity contribution is 6.12. The number of pyridine rings is 1. The molecule has 15 nitrogen and oxygen atoms in total. The van der Waals surface area contributed by atoms with Gasteiger partial charge in [-0.25, -0.2) is 28.7 Å². The number of carbonyl (C=O) groups is 2. The minimum absolute atomic E-state index is 0.0235. The third-order valence-electron chi connectivity index (χ3n) is 12.9. The molecule has 8 aromatic rings. The van der Waals surface area contributed by atoms with E-state index >= 15 is 13.6 Å². The van der Waals surface area contributed by atoms with E-state index < -0.39 is 11.7 Å². The summed E-state index contributed by atoms with van der Waals surface area (Å²) in [6.07, 6.45) is 8.43. The van der Waals surface area contributed by atoms with Gasteiger partial charge in [0.25, 0.3) is 11.8 Å². The second-order valence-corrected chi connectivity index (χ2v) is 16.5. The highest BCUT2D eigenvalue weighted by atomic mass is 19.1. The standard InChI is InChI=1S/C48H39F2N11O4/c1-25-6-7-28-34-22-55-48(60-23-56-41(43(34)60)45(62)51-14-10-36(28)58-25)53-20-32-30-13-17-65-39(30)18-37(40(32)50)59-15-11-26-4-2-3-5-27(26)33-21-54-47(61-24-57-42(44(33)61)46(59)63)52-19-31-29-12-16-64-38(29)9-8-35(31)49/h2-9,18,21-24H,10-17,19-20H2,1H3,(H,51,62)(H,52,54)(H,53,55). The van der Waals surface area contributed by atoms with E-state index in [0.29, 0.717) is 108 Å². The SMILES string of the molecule is Cc1ccc2c(n1)CCNC(=O)c1ncn3c(NCc4c(F)c(N5CCc6ccccc6-c6cnc(NCc7c(F)ccc8c7CCO8)n7cnc(c67)C5=O)cc5c4CCO5)ncc-2c13. The van der Waals surface area contributed by atoms with Gasteiger partial charge in [-0.1, -0.05) is 30.3 Å². The zero-order valence-corrected chi connectivity index (χ0v) is 35.0. The number of nitrogens with one attached hydrogen (secondary N) is 3. The van der Waals surface area contributed by atoms with Crippen molar-refractivity contribution in [2.24, 2.45) is 0 Å². The maximum Gasteiger partial charge on any atom is 0.279 e. The Kier molecular flexibility index (Phi) is 8.99. The molecule has 0 saturated heterocycles. The lowest BCUT2D eigenvalue weighted by Gasteiger charge is -2.25. The quantitative estimate of drug-likeness (QED) is 0.157. The van der Waals surface area contributed by atoms with Gasteiger partial charge in [-0.2, -0.15) is 0 Å². The summed E-state index contributed by atoms with van der Waals surface area (Å²) in [7, 11) is 0. The molecule has 0 spiro atoms. The number of aryl methyl sites for hydroxylation is 1. The molecule has 9 heterocycles. The molecule has 5 aromatic heterocycles. The van der Waals surface area contributed by atoms with Crippen molar-refractivity contribution >= 4 is 40.4 Å². The number of benzene rings is 3. The summed E-state index contributed by atoms with van der Waals surface area (Å²) in [6.45, 7) is 3.37. The van der Waals surface area contributed by atoms with E-state index in [4.69, 9.17) is 24.4 Å². The van der Waals surface area contributed by atoms with Gasteiger partial charge in [0.05, 0.1) is 35.6 Å². The molecule has 12 rings (SSSR count). The largest absolute Gasteiger partial charge is 0.493 e. The van der Waals surface area contributed by atoms with Crippen LogP contribution in [0.1, 0.15) is 60.2 Å². The van der Waals surface area contributed by atoms with Gasteiger partial charge in [0, 0.05) is 109 Å². The van der Waals surface area contributed by atoms with Crippen LogP contribution in [0.4, 0.5) is 26.4 Å². The van der Waals surface area contributed by atoms with Crippen LogP contribution in [0.3, 0.4) is 0 Å². The Balaban J connectivity index is 0.922. The first-order valence-electron chi connectivity index (χ1n) is 21.6. The number of carbonyl (C=O) groups excluding carboxylic acids is 2. The van der Waals surface area contributed by atoms with Crippen LogP contribution in [-0.4, -0.2) is 71.8 Å². The minimum atomic E-state index is -0.586. The number of fused-ring (bicyclic) bond motifs is 6. The molecule has 4 aliphatic heterocycles. The molecular weight excluding hydrogens is 833 g/mol. The van der Waals surface area contributed by atoms with E-state index in [2.05, 4.69) is 25.9 Å². The third kappa shape index (κ3) is 6.24. The van der Waals surface area contributed by atoms with Gasteiger partial charge in [-0.15, -0.1) is 0 Å². The molecule has 0 saturated carbocycles. The highest BCUT2D eigenvalue weighted by Crippen LogP contribution is 2.41. The molecule has 17 heteroatoms. The third-order valence-corrected chi connectivity index (χ3v) is 12.9. The summed E-state index contributed by atoms with van der Waals surface area (Å²) in [4.78, 5) is 53.3. The molecule has 3 N–H and O–H groups in total. The summed E-state index contributed by atoms with van der Waals surface area (Å²) in [5.41, 5.74) is 9.44. The normalized spacial score (nSPS) is 15.0. The van der Waals surface area contributed by atoms with Crippen LogP contribution < -0.4 is 30.3 Å². The number of halogens is 2. The van der Waals surface area contributed by atoms with Gasteiger partial charge in [0.15, 0.2) is 17.2 Å². The van der Waals surface area contributed by atoms with Gasteiger partial charge in [-0.3, -0.25) is 23.4 Å². The van der Waals surface area contributed by atoms with Crippen LogP contribution in [0.25, 0.3) is 33.3 Å². The topological polar surface area (TPSA) is 165 Å². The van der Waals surface area contributed by atoms with Gasteiger partial charge in [0.1, 0.15) is 30.0 Å². The lowest BCUT2D eigenvalue weighted by molar-refractivity contribution is 0.0949. The van der Waals surface area contributed by atoms with Crippen molar-refractivity contribution in [2.45, 2.75) is 45.7 Å². The van der Waals surface area contributed by atoms with E-state index in [-0.39, 0.29) is 48.4 Å². The molecule has 0 fully saturated rings. The molecular formula is C48H39F2N11O4. The molecule has 0 radical (unpaired) electrons. The second-order valence-electron chi connectivity index (χ2n) is 16.5. The maximum absolute atomic E-state index is 17.6. The van der Waals surface area contributed by atoms with Crippen LogP contribution >= 0.6 is 0 Å². The van der Waals surface area contributed by atoms with Crippen molar-refractivity contribution < 1.29 is 27.8 Å². The predicted molar refractivity (Wildman–Crippen MR) is 237 cm³/mol. The van der Waals surface area contributed by atoms with Crippen LogP contribution in [-0.2, 0) is 38.8 Å². The van der Waals surface area contributed by atoms with Gasteiger partial charge in [-0.05, 0) is 42.7 Å². The van der Waals surface area contributed by atoms with Gasteiger partial charge in [0.2, 0.25) is 11.9 Å². The zero-order valence-electron chi connectivity index (χ0n) is 35.0. The second kappa shape index (κ2) is 15.1. The Morgan fingerprint density at radius 2 is 1.42 bits per heavy atom. The van der Waals surface area contributed by atoms with E-state index in [1.54, 1.807) is 33.3 Å². The fourth-order valence-electron chi connectivity index (χ4n) is 9.72. The Morgan fingerprint density at radius 1 is 0.723 bits per heavy atom. The molecule has 0 atom stereocenters. The first-order chi connectivity index (χ1) is 31.8. The van der Waals surface area contributed by atoms with Gasteiger partial charge >= 0.3 is 0 Å². The zero-order chi connectivity index (χ0) is 43.9. The molecule has 0 bridgehead atoms. The first kappa shape index (κ1) is 38.7.